The maximum Gasteiger partial charge on any atom is 0.240 e. The normalized spacial score (nSPS) is 14.1. The van der Waals surface area contributed by atoms with Gasteiger partial charge < -0.3 is 4.74 Å². The summed E-state index contributed by atoms with van der Waals surface area (Å²) in [5.41, 5.74) is 3.20. The number of sulfonamides is 1. The van der Waals surface area contributed by atoms with E-state index in [-0.39, 0.29) is 13.2 Å². The molecule has 0 radical (unpaired) electrons. The van der Waals surface area contributed by atoms with E-state index in [2.05, 4.69) is 9.71 Å². The second kappa shape index (κ2) is 7.66. The number of nitrogens with one attached hydrogen (secondary N) is 1. The molecule has 0 amide bonds. The third-order valence-corrected chi connectivity index (χ3v) is 6.34. The summed E-state index contributed by atoms with van der Waals surface area (Å²) in [4.78, 5) is 4.66. The summed E-state index contributed by atoms with van der Waals surface area (Å²) < 4.78 is 33.5. The van der Waals surface area contributed by atoms with Gasteiger partial charge in [0.05, 0.1) is 4.90 Å². The maximum absolute atomic E-state index is 12.6. The fourth-order valence-electron chi connectivity index (χ4n) is 3.49. The molecule has 1 N–H and O–H groups in total. The zero-order chi connectivity index (χ0) is 18.7. The summed E-state index contributed by atoms with van der Waals surface area (Å²) >= 11 is 0. The minimum atomic E-state index is -3.54. The molecule has 0 fully saturated rings. The Bertz CT molecular complexity index is 1060. The second-order valence-corrected chi connectivity index (χ2v) is 8.48. The van der Waals surface area contributed by atoms with Gasteiger partial charge in [-0.25, -0.2) is 13.1 Å². The Hall–Kier alpha value is -2.44. The molecule has 0 saturated carbocycles. The first-order valence-electron chi connectivity index (χ1n) is 9.21. The molecule has 1 aromatic heterocycles. The van der Waals surface area contributed by atoms with Crippen LogP contribution in [0.3, 0.4) is 0 Å². The van der Waals surface area contributed by atoms with Gasteiger partial charge in [-0.1, -0.05) is 24.3 Å². The molecule has 1 aliphatic carbocycles. The summed E-state index contributed by atoms with van der Waals surface area (Å²) in [6, 6.07) is 15.0. The van der Waals surface area contributed by atoms with Crippen LogP contribution >= 0.6 is 0 Å². The van der Waals surface area contributed by atoms with Gasteiger partial charge in [-0.2, -0.15) is 0 Å². The van der Waals surface area contributed by atoms with Crippen molar-refractivity contribution in [2.45, 2.75) is 30.6 Å². The first kappa shape index (κ1) is 17.9. The van der Waals surface area contributed by atoms with E-state index in [0.717, 1.165) is 35.7 Å². The topological polar surface area (TPSA) is 68.3 Å². The van der Waals surface area contributed by atoms with E-state index in [4.69, 9.17) is 4.74 Å². The Kier molecular flexibility index (Phi) is 5.09. The molecular weight excluding hydrogens is 360 g/mol. The van der Waals surface area contributed by atoms with E-state index in [1.807, 2.05) is 42.5 Å². The van der Waals surface area contributed by atoms with Crippen molar-refractivity contribution >= 4 is 20.9 Å². The molecule has 27 heavy (non-hydrogen) atoms. The molecule has 2 aromatic carbocycles. The van der Waals surface area contributed by atoms with Crippen LogP contribution in [0.5, 0.6) is 5.75 Å². The Labute approximate surface area is 159 Å². The third-order valence-electron chi connectivity index (χ3n) is 4.88. The SMILES string of the molecule is O=S(=O)(NCCOc1cccc2cccnc12)c1ccc2c(c1)CCCC2. The molecule has 0 aliphatic heterocycles. The van der Waals surface area contributed by atoms with Crippen molar-refractivity contribution in [3.05, 3.63) is 65.9 Å². The maximum atomic E-state index is 12.6. The number of rotatable bonds is 6. The highest BCUT2D eigenvalue weighted by Crippen LogP contribution is 2.24. The molecule has 1 aliphatic rings. The molecule has 0 spiro atoms. The lowest BCUT2D eigenvalue weighted by molar-refractivity contribution is 0.326. The quantitative estimate of drug-likeness (QED) is 0.663. The highest BCUT2D eigenvalue weighted by molar-refractivity contribution is 7.89. The van der Waals surface area contributed by atoms with Crippen molar-refractivity contribution in [2.24, 2.45) is 0 Å². The van der Waals surface area contributed by atoms with Gasteiger partial charge in [-0.05, 0) is 61.1 Å². The second-order valence-electron chi connectivity index (χ2n) is 6.72. The minimum Gasteiger partial charge on any atom is -0.490 e. The van der Waals surface area contributed by atoms with E-state index in [1.165, 1.54) is 12.0 Å². The average Bonchev–Trinajstić information content (AvgIpc) is 2.71. The van der Waals surface area contributed by atoms with Crippen LogP contribution in [0.2, 0.25) is 0 Å². The van der Waals surface area contributed by atoms with Crippen LogP contribution in [-0.2, 0) is 22.9 Å². The molecule has 0 atom stereocenters. The van der Waals surface area contributed by atoms with Crippen LogP contribution in [-0.4, -0.2) is 26.6 Å². The Morgan fingerprint density at radius 1 is 1.00 bits per heavy atom. The van der Waals surface area contributed by atoms with E-state index in [9.17, 15) is 8.42 Å². The number of hydrogen-bond donors (Lipinski definition) is 1. The van der Waals surface area contributed by atoms with Crippen molar-refractivity contribution in [3.63, 3.8) is 0 Å². The number of pyridine rings is 1. The fourth-order valence-corrected chi connectivity index (χ4v) is 4.55. The van der Waals surface area contributed by atoms with Gasteiger partial charge in [0.15, 0.2) is 0 Å². The fraction of sp³-hybridized carbons (Fsp3) is 0.286. The van der Waals surface area contributed by atoms with E-state index in [0.29, 0.717) is 10.6 Å². The summed E-state index contributed by atoms with van der Waals surface area (Å²) in [5, 5.41) is 0.990. The van der Waals surface area contributed by atoms with Crippen LogP contribution < -0.4 is 9.46 Å². The molecule has 5 nitrogen and oxygen atoms in total. The number of nitrogens with zero attached hydrogens (tertiary/aromatic N) is 1. The lowest BCUT2D eigenvalue weighted by atomic mass is 9.92. The number of aryl methyl sites for hydroxylation is 2. The largest absolute Gasteiger partial charge is 0.490 e. The van der Waals surface area contributed by atoms with E-state index < -0.39 is 10.0 Å². The summed E-state index contributed by atoms with van der Waals surface area (Å²) in [6.07, 6.45) is 6.01. The molecule has 0 unspecified atom stereocenters. The number of para-hydroxylation sites is 1. The molecule has 0 saturated heterocycles. The third kappa shape index (κ3) is 3.96. The average molecular weight is 382 g/mol. The van der Waals surface area contributed by atoms with Gasteiger partial charge in [0.2, 0.25) is 10.0 Å². The predicted molar refractivity (Wildman–Crippen MR) is 106 cm³/mol. The van der Waals surface area contributed by atoms with Gasteiger partial charge in [0.1, 0.15) is 17.9 Å². The highest BCUT2D eigenvalue weighted by Gasteiger charge is 2.17. The number of aromatic nitrogens is 1. The van der Waals surface area contributed by atoms with Crippen molar-refractivity contribution in [1.82, 2.24) is 9.71 Å². The zero-order valence-corrected chi connectivity index (χ0v) is 15.8. The van der Waals surface area contributed by atoms with Crippen LogP contribution in [0.15, 0.2) is 59.6 Å². The Balaban J connectivity index is 1.39. The van der Waals surface area contributed by atoms with E-state index >= 15 is 0 Å². The number of benzene rings is 2. The Morgan fingerprint density at radius 3 is 2.70 bits per heavy atom. The zero-order valence-electron chi connectivity index (χ0n) is 15.0. The molecule has 3 aromatic rings. The molecule has 4 rings (SSSR count). The monoisotopic (exact) mass is 382 g/mol. The van der Waals surface area contributed by atoms with Crippen molar-refractivity contribution in [1.29, 1.82) is 0 Å². The summed E-state index contributed by atoms with van der Waals surface area (Å²) in [5.74, 6) is 0.654. The van der Waals surface area contributed by atoms with Crippen molar-refractivity contribution < 1.29 is 13.2 Å². The van der Waals surface area contributed by atoms with Gasteiger partial charge in [-0.3, -0.25) is 4.98 Å². The lowest BCUT2D eigenvalue weighted by Gasteiger charge is -2.17. The molecule has 140 valence electrons. The van der Waals surface area contributed by atoms with Gasteiger partial charge >= 0.3 is 0 Å². The predicted octanol–water partition coefficient (Wildman–Crippen LogP) is 3.47. The number of ether oxygens (including phenoxy) is 1. The first-order chi connectivity index (χ1) is 13.1. The minimum absolute atomic E-state index is 0.197. The van der Waals surface area contributed by atoms with Gasteiger partial charge in [-0.15, -0.1) is 0 Å². The lowest BCUT2D eigenvalue weighted by Crippen LogP contribution is -2.28. The van der Waals surface area contributed by atoms with Crippen LogP contribution in [0, 0.1) is 0 Å². The standard InChI is InChI=1S/C21H22N2O3S/c24-27(25,19-11-10-16-5-1-2-6-18(16)15-19)23-13-14-26-20-9-3-7-17-8-4-12-22-21(17)20/h3-4,7-12,15,23H,1-2,5-6,13-14H2. The smallest absolute Gasteiger partial charge is 0.240 e. The molecule has 1 heterocycles. The van der Waals surface area contributed by atoms with Crippen LogP contribution in [0.25, 0.3) is 10.9 Å². The first-order valence-corrected chi connectivity index (χ1v) is 10.7. The van der Waals surface area contributed by atoms with Crippen LogP contribution in [0.1, 0.15) is 24.0 Å². The number of fused-ring (bicyclic) bond motifs is 2. The molecular formula is C21H22N2O3S. The van der Waals surface area contributed by atoms with Crippen molar-refractivity contribution in [2.75, 3.05) is 13.2 Å². The summed E-state index contributed by atoms with van der Waals surface area (Å²) in [6.45, 7) is 0.433. The summed E-state index contributed by atoms with van der Waals surface area (Å²) in [7, 11) is -3.54. The molecule has 0 bridgehead atoms. The van der Waals surface area contributed by atoms with Gasteiger partial charge in [0, 0.05) is 18.1 Å². The van der Waals surface area contributed by atoms with Crippen molar-refractivity contribution in [3.8, 4) is 5.75 Å². The van der Waals surface area contributed by atoms with Crippen LogP contribution in [0.4, 0.5) is 0 Å². The highest BCUT2D eigenvalue weighted by atomic mass is 32.2. The van der Waals surface area contributed by atoms with E-state index in [1.54, 1.807) is 12.3 Å². The Morgan fingerprint density at radius 2 is 1.81 bits per heavy atom. The van der Waals surface area contributed by atoms with Gasteiger partial charge in [0.25, 0.3) is 0 Å². The number of hydrogen-bond acceptors (Lipinski definition) is 4. The molecule has 6 heteroatoms.